The molecular formula is C8H10O3. The third-order valence-corrected chi connectivity index (χ3v) is 2.04. The Morgan fingerprint density at radius 2 is 2.27 bits per heavy atom. The molecule has 11 heavy (non-hydrogen) atoms. The van der Waals surface area contributed by atoms with Crippen LogP contribution >= 0.6 is 0 Å². The Bertz CT molecular complexity index is 227. The van der Waals surface area contributed by atoms with E-state index in [9.17, 15) is 9.59 Å². The molecule has 0 aromatic heterocycles. The summed E-state index contributed by atoms with van der Waals surface area (Å²) in [7, 11) is 0. The van der Waals surface area contributed by atoms with Gasteiger partial charge in [0.05, 0.1) is 0 Å². The Hall–Kier alpha value is -1.12. The number of aliphatic hydroxyl groups is 1. The standard InChI is InChI=1S/C8H10O3/c1-5-6(4-9)2-3-7(10)8(5)11/h4,6,11H,2-3H2,1H3. The normalized spacial score (nSPS) is 25.5. The van der Waals surface area contributed by atoms with Crippen molar-refractivity contribution in [3.8, 4) is 0 Å². The molecule has 0 fully saturated rings. The van der Waals surface area contributed by atoms with Gasteiger partial charge in [0.25, 0.3) is 0 Å². The van der Waals surface area contributed by atoms with Gasteiger partial charge in [-0.1, -0.05) is 0 Å². The van der Waals surface area contributed by atoms with E-state index in [0.717, 1.165) is 6.29 Å². The Morgan fingerprint density at radius 3 is 2.82 bits per heavy atom. The first-order valence-corrected chi connectivity index (χ1v) is 3.55. The predicted molar refractivity (Wildman–Crippen MR) is 39.1 cm³/mol. The topological polar surface area (TPSA) is 54.4 Å². The lowest BCUT2D eigenvalue weighted by Crippen LogP contribution is -2.18. The number of aliphatic hydroxyl groups excluding tert-OH is 1. The van der Waals surface area contributed by atoms with Crippen LogP contribution in [0, 0.1) is 5.92 Å². The summed E-state index contributed by atoms with van der Waals surface area (Å²) in [6.07, 6.45) is 1.60. The highest BCUT2D eigenvalue weighted by Crippen LogP contribution is 2.24. The maximum Gasteiger partial charge on any atom is 0.197 e. The number of carbonyl (C=O) groups excluding carboxylic acids is 2. The molecule has 0 saturated carbocycles. The first-order valence-electron chi connectivity index (χ1n) is 3.55. The monoisotopic (exact) mass is 154 g/mol. The van der Waals surface area contributed by atoms with Gasteiger partial charge < -0.3 is 9.90 Å². The van der Waals surface area contributed by atoms with Crippen molar-refractivity contribution in [1.29, 1.82) is 0 Å². The van der Waals surface area contributed by atoms with Gasteiger partial charge in [0.2, 0.25) is 0 Å². The molecule has 1 rings (SSSR count). The van der Waals surface area contributed by atoms with Gasteiger partial charge in [-0.25, -0.2) is 0 Å². The zero-order valence-electron chi connectivity index (χ0n) is 6.33. The van der Waals surface area contributed by atoms with Crippen LogP contribution in [-0.4, -0.2) is 17.2 Å². The average Bonchev–Trinajstić information content (AvgIpc) is 2.01. The van der Waals surface area contributed by atoms with Crippen molar-refractivity contribution in [2.45, 2.75) is 19.8 Å². The second-order valence-electron chi connectivity index (χ2n) is 2.74. The largest absolute Gasteiger partial charge is 0.504 e. The molecule has 60 valence electrons. The molecule has 1 unspecified atom stereocenters. The molecular weight excluding hydrogens is 144 g/mol. The third kappa shape index (κ3) is 1.31. The second kappa shape index (κ2) is 2.86. The van der Waals surface area contributed by atoms with Crippen molar-refractivity contribution in [2.75, 3.05) is 0 Å². The molecule has 3 heteroatoms. The van der Waals surface area contributed by atoms with Crippen LogP contribution in [-0.2, 0) is 9.59 Å². The number of rotatable bonds is 1. The highest BCUT2D eigenvalue weighted by atomic mass is 16.3. The molecule has 0 amide bonds. The molecule has 0 aromatic rings. The number of Topliss-reactive ketones (excluding diaryl/α,β-unsaturated/α-hetero) is 1. The van der Waals surface area contributed by atoms with Gasteiger partial charge in [0.15, 0.2) is 11.5 Å². The highest BCUT2D eigenvalue weighted by molar-refractivity contribution is 5.95. The van der Waals surface area contributed by atoms with Crippen LogP contribution in [0.5, 0.6) is 0 Å². The molecule has 0 aromatic carbocycles. The lowest BCUT2D eigenvalue weighted by atomic mass is 9.88. The number of hydrogen-bond donors (Lipinski definition) is 1. The minimum absolute atomic E-state index is 0.214. The predicted octanol–water partition coefficient (Wildman–Crippen LogP) is 0.996. The first-order chi connectivity index (χ1) is 5.16. The van der Waals surface area contributed by atoms with Crippen molar-refractivity contribution < 1.29 is 14.7 Å². The maximum atomic E-state index is 10.8. The van der Waals surface area contributed by atoms with Gasteiger partial charge in [0.1, 0.15) is 6.29 Å². The molecule has 0 heterocycles. The van der Waals surface area contributed by atoms with Gasteiger partial charge in [-0.3, -0.25) is 4.79 Å². The van der Waals surface area contributed by atoms with Crippen molar-refractivity contribution in [3.63, 3.8) is 0 Å². The SMILES string of the molecule is CC1=C(O)C(=O)CCC1C=O. The van der Waals surface area contributed by atoms with Gasteiger partial charge in [-0.15, -0.1) is 0 Å². The molecule has 1 atom stereocenters. The van der Waals surface area contributed by atoms with Crippen LogP contribution in [0.4, 0.5) is 0 Å². The van der Waals surface area contributed by atoms with Crippen LogP contribution < -0.4 is 0 Å². The van der Waals surface area contributed by atoms with E-state index >= 15 is 0 Å². The molecule has 0 aliphatic heterocycles. The van der Waals surface area contributed by atoms with Crippen molar-refractivity contribution in [2.24, 2.45) is 5.92 Å². The van der Waals surface area contributed by atoms with Crippen molar-refractivity contribution in [1.82, 2.24) is 0 Å². The quantitative estimate of drug-likeness (QED) is 0.573. The van der Waals surface area contributed by atoms with Crippen LogP contribution in [0.1, 0.15) is 19.8 Å². The Balaban J connectivity index is 2.95. The number of ketones is 1. The molecule has 1 aliphatic carbocycles. The first kappa shape index (κ1) is 7.98. The van der Waals surface area contributed by atoms with Crippen molar-refractivity contribution in [3.05, 3.63) is 11.3 Å². The van der Waals surface area contributed by atoms with E-state index in [0.29, 0.717) is 12.0 Å². The molecule has 1 aliphatic rings. The van der Waals surface area contributed by atoms with E-state index in [1.165, 1.54) is 0 Å². The lowest BCUT2D eigenvalue weighted by molar-refractivity contribution is -0.119. The second-order valence-corrected chi connectivity index (χ2v) is 2.74. The Morgan fingerprint density at radius 1 is 1.64 bits per heavy atom. The van der Waals surface area contributed by atoms with E-state index in [1.807, 2.05) is 0 Å². The average molecular weight is 154 g/mol. The van der Waals surface area contributed by atoms with Gasteiger partial charge in [-0.05, 0) is 18.9 Å². The van der Waals surface area contributed by atoms with Gasteiger partial charge >= 0.3 is 0 Å². The molecule has 3 nitrogen and oxygen atoms in total. The third-order valence-electron chi connectivity index (χ3n) is 2.04. The van der Waals surface area contributed by atoms with Crippen LogP contribution in [0.3, 0.4) is 0 Å². The van der Waals surface area contributed by atoms with Crippen LogP contribution in [0.2, 0.25) is 0 Å². The minimum Gasteiger partial charge on any atom is -0.504 e. The molecule has 0 spiro atoms. The maximum absolute atomic E-state index is 10.8. The Labute approximate surface area is 64.7 Å². The lowest BCUT2D eigenvalue weighted by Gasteiger charge is -2.17. The van der Waals surface area contributed by atoms with Crippen LogP contribution in [0.25, 0.3) is 0 Å². The fourth-order valence-electron chi connectivity index (χ4n) is 1.19. The summed E-state index contributed by atoms with van der Waals surface area (Å²) in [5.74, 6) is -0.721. The molecule has 0 bridgehead atoms. The number of hydrogen-bond acceptors (Lipinski definition) is 3. The summed E-state index contributed by atoms with van der Waals surface area (Å²) in [5, 5.41) is 9.12. The van der Waals surface area contributed by atoms with E-state index < -0.39 is 0 Å². The van der Waals surface area contributed by atoms with Crippen molar-refractivity contribution >= 4 is 12.1 Å². The fraction of sp³-hybridized carbons (Fsp3) is 0.500. The van der Waals surface area contributed by atoms with E-state index in [-0.39, 0.29) is 23.9 Å². The van der Waals surface area contributed by atoms with Gasteiger partial charge in [0, 0.05) is 12.3 Å². The molecule has 0 radical (unpaired) electrons. The van der Waals surface area contributed by atoms with Crippen LogP contribution in [0.15, 0.2) is 11.3 Å². The van der Waals surface area contributed by atoms with E-state index in [4.69, 9.17) is 5.11 Å². The zero-order valence-corrected chi connectivity index (χ0v) is 6.33. The van der Waals surface area contributed by atoms with E-state index in [1.54, 1.807) is 6.92 Å². The summed E-state index contributed by atoms with van der Waals surface area (Å²) in [6, 6.07) is 0. The summed E-state index contributed by atoms with van der Waals surface area (Å²) in [4.78, 5) is 21.2. The van der Waals surface area contributed by atoms with E-state index in [2.05, 4.69) is 0 Å². The summed E-state index contributed by atoms with van der Waals surface area (Å²) in [5.41, 5.74) is 0.510. The fourth-order valence-corrected chi connectivity index (χ4v) is 1.19. The zero-order chi connectivity index (χ0) is 8.43. The number of carbonyl (C=O) groups is 2. The molecule has 1 N–H and O–H groups in total. The summed E-state index contributed by atoms with van der Waals surface area (Å²) in [6.45, 7) is 1.62. The minimum atomic E-state index is -0.257. The summed E-state index contributed by atoms with van der Waals surface area (Å²) < 4.78 is 0. The Kier molecular flexibility index (Phi) is 2.08. The van der Waals surface area contributed by atoms with Gasteiger partial charge in [-0.2, -0.15) is 0 Å². The highest BCUT2D eigenvalue weighted by Gasteiger charge is 2.24. The summed E-state index contributed by atoms with van der Waals surface area (Å²) >= 11 is 0. The number of aldehydes is 1. The number of allylic oxidation sites excluding steroid dienone is 2. The smallest absolute Gasteiger partial charge is 0.197 e. The molecule has 0 saturated heterocycles.